The second-order valence-electron chi connectivity index (χ2n) is 21.4. The van der Waals surface area contributed by atoms with Gasteiger partial charge in [-0.1, -0.05) is 39.3 Å². The summed E-state index contributed by atoms with van der Waals surface area (Å²) < 4.78 is 35.5. The zero-order chi connectivity index (χ0) is 45.0. The third-order valence-corrected chi connectivity index (χ3v) is 18.0. The molecular formula is C45H73NO17. The van der Waals surface area contributed by atoms with Crippen LogP contribution in [-0.2, 0) is 28.4 Å². The highest BCUT2D eigenvalue weighted by Gasteiger charge is 2.67. The van der Waals surface area contributed by atoms with Crippen LogP contribution in [0.3, 0.4) is 0 Å². The molecule has 0 aromatic heterocycles. The van der Waals surface area contributed by atoms with Crippen LogP contribution < -0.4 is 0 Å². The lowest BCUT2D eigenvalue weighted by Crippen LogP contribution is -2.67. The highest BCUT2D eigenvalue weighted by atomic mass is 16.8. The lowest BCUT2D eigenvalue weighted by molar-refractivity contribution is -0.390. The lowest BCUT2D eigenvalue weighted by atomic mass is 9.47. The van der Waals surface area contributed by atoms with Crippen molar-refractivity contribution in [2.75, 3.05) is 26.4 Å². The molecule has 360 valence electrons. The van der Waals surface area contributed by atoms with Crippen molar-refractivity contribution in [1.82, 2.24) is 4.90 Å². The molecule has 18 nitrogen and oxygen atoms in total. The Morgan fingerprint density at radius 3 is 1.97 bits per heavy atom. The van der Waals surface area contributed by atoms with Crippen molar-refractivity contribution in [3.05, 3.63) is 11.6 Å². The fourth-order valence-electron chi connectivity index (χ4n) is 15.0. The molecule has 9 aliphatic rings. The number of hydrogen-bond acceptors (Lipinski definition) is 18. The first kappa shape index (κ1) is 47.1. The van der Waals surface area contributed by atoms with Gasteiger partial charge in [-0.25, -0.2) is 0 Å². The molecule has 0 radical (unpaired) electrons. The summed E-state index contributed by atoms with van der Waals surface area (Å²) in [4.78, 5) is 2.71. The molecule has 0 amide bonds. The molecular weight excluding hydrogens is 826 g/mol. The van der Waals surface area contributed by atoms with E-state index in [4.69, 9.17) is 28.4 Å². The van der Waals surface area contributed by atoms with Gasteiger partial charge in [-0.05, 0) is 97.7 Å². The van der Waals surface area contributed by atoms with Gasteiger partial charge in [0, 0.05) is 18.6 Å². The largest absolute Gasteiger partial charge is 0.394 e. The number of aliphatic hydroxyl groups excluding tert-OH is 11. The van der Waals surface area contributed by atoms with Gasteiger partial charge >= 0.3 is 0 Å². The van der Waals surface area contributed by atoms with Crippen LogP contribution >= 0.6 is 0 Å². The molecule has 0 aromatic rings. The monoisotopic (exact) mass is 899 g/mol. The third-order valence-electron chi connectivity index (χ3n) is 18.0. The number of fused-ring (bicyclic) bond motifs is 9. The van der Waals surface area contributed by atoms with Crippen molar-refractivity contribution in [1.29, 1.82) is 0 Å². The van der Waals surface area contributed by atoms with Crippen LogP contribution in [0.4, 0.5) is 0 Å². The second-order valence-corrected chi connectivity index (χ2v) is 21.4. The minimum atomic E-state index is -1.89. The summed E-state index contributed by atoms with van der Waals surface area (Å²) in [6.07, 6.45) is -15.1. The van der Waals surface area contributed by atoms with E-state index in [1.54, 1.807) is 0 Å². The Morgan fingerprint density at radius 2 is 1.27 bits per heavy atom. The van der Waals surface area contributed by atoms with Crippen LogP contribution in [0.5, 0.6) is 0 Å². The average molecular weight is 900 g/mol. The van der Waals surface area contributed by atoms with Crippen molar-refractivity contribution in [3.63, 3.8) is 0 Å². The number of allylic oxidation sites excluding steroid dienone is 1. The Hall–Kier alpha value is -0.980. The van der Waals surface area contributed by atoms with E-state index in [0.717, 1.165) is 25.8 Å². The number of aliphatic hydroxyl groups is 11. The lowest BCUT2D eigenvalue weighted by Gasteiger charge is -2.58. The van der Waals surface area contributed by atoms with Gasteiger partial charge in [0.2, 0.25) is 0 Å². The predicted octanol–water partition coefficient (Wildman–Crippen LogP) is -1.90. The van der Waals surface area contributed by atoms with Gasteiger partial charge in [-0.15, -0.1) is 0 Å². The third kappa shape index (κ3) is 7.71. The summed E-state index contributed by atoms with van der Waals surface area (Å²) >= 11 is 0. The van der Waals surface area contributed by atoms with Crippen molar-refractivity contribution in [3.8, 4) is 0 Å². The fourth-order valence-corrected chi connectivity index (χ4v) is 15.0. The van der Waals surface area contributed by atoms with Crippen molar-refractivity contribution < 1.29 is 84.6 Å². The van der Waals surface area contributed by atoms with E-state index in [9.17, 15) is 56.2 Å². The molecule has 0 bridgehead atoms. The molecule has 5 aliphatic heterocycles. The zero-order valence-electron chi connectivity index (χ0n) is 36.8. The van der Waals surface area contributed by atoms with E-state index in [-0.39, 0.29) is 29.1 Å². The molecule has 5 heterocycles. The van der Waals surface area contributed by atoms with Gasteiger partial charge in [0.15, 0.2) is 18.9 Å². The molecule has 3 saturated carbocycles. The number of ether oxygens (including phenoxy) is 6. The topological polar surface area (TPSA) is 281 Å². The molecule has 11 N–H and O–H groups in total. The molecule has 4 aliphatic carbocycles. The maximum Gasteiger partial charge on any atom is 0.187 e. The van der Waals surface area contributed by atoms with E-state index in [2.05, 4.69) is 38.7 Å². The first-order chi connectivity index (χ1) is 29.9. The summed E-state index contributed by atoms with van der Waals surface area (Å²) in [6, 6.07) is 0.799. The zero-order valence-corrected chi connectivity index (χ0v) is 36.8. The fraction of sp³-hybridized carbons (Fsp3) is 0.956. The Kier molecular flexibility index (Phi) is 13.3. The average Bonchev–Trinajstić information content (AvgIpc) is 3.73. The molecule has 0 aromatic carbocycles. The molecule has 0 spiro atoms. The second kappa shape index (κ2) is 17.8. The molecule has 5 saturated heterocycles. The van der Waals surface area contributed by atoms with Crippen LogP contribution in [0.15, 0.2) is 11.6 Å². The number of hydrogen-bond donors (Lipinski definition) is 11. The van der Waals surface area contributed by atoms with Gasteiger partial charge in [0.1, 0.15) is 73.2 Å². The highest BCUT2D eigenvalue weighted by molar-refractivity contribution is 5.27. The number of piperidine rings is 1. The predicted molar refractivity (Wildman–Crippen MR) is 218 cm³/mol. The molecule has 9 rings (SSSR count). The van der Waals surface area contributed by atoms with Crippen LogP contribution in [0, 0.1) is 46.3 Å². The van der Waals surface area contributed by atoms with Gasteiger partial charge in [-0.2, -0.15) is 0 Å². The highest BCUT2D eigenvalue weighted by Crippen LogP contribution is 2.70. The van der Waals surface area contributed by atoms with E-state index in [0.29, 0.717) is 54.4 Å². The summed E-state index contributed by atoms with van der Waals surface area (Å²) in [5.41, 5.74) is 1.60. The molecule has 63 heavy (non-hydrogen) atoms. The first-order valence-electron chi connectivity index (χ1n) is 23.6. The smallest absolute Gasteiger partial charge is 0.187 e. The van der Waals surface area contributed by atoms with Crippen LogP contribution in [-0.4, -0.2) is 204 Å². The minimum absolute atomic E-state index is 0.00268. The Morgan fingerprint density at radius 1 is 0.667 bits per heavy atom. The Balaban J connectivity index is 0.858. The minimum Gasteiger partial charge on any atom is -0.394 e. The van der Waals surface area contributed by atoms with E-state index >= 15 is 0 Å². The summed E-state index contributed by atoms with van der Waals surface area (Å²) in [6.45, 7) is 8.50. The van der Waals surface area contributed by atoms with Gasteiger partial charge < -0.3 is 84.6 Å². The van der Waals surface area contributed by atoms with Crippen LogP contribution in [0.25, 0.3) is 0 Å². The van der Waals surface area contributed by atoms with Crippen molar-refractivity contribution in [2.24, 2.45) is 46.3 Å². The van der Waals surface area contributed by atoms with E-state index < -0.39 is 112 Å². The Bertz CT molecular complexity index is 1640. The van der Waals surface area contributed by atoms with Crippen molar-refractivity contribution in [2.45, 2.75) is 195 Å². The number of nitrogens with zero attached hydrogens (tertiary/aromatic N) is 1. The summed E-state index contributed by atoms with van der Waals surface area (Å²) in [5, 5.41) is 117. The maximum atomic E-state index is 11.5. The van der Waals surface area contributed by atoms with Gasteiger partial charge in [0.25, 0.3) is 0 Å². The molecule has 27 atom stereocenters. The van der Waals surface area contributed by atoms with Crippen LogP contribution in [0.2, 0.25) is 0 Å². The molecule has 8 fully saturated rings. The summed E-state index contributed by atoms with van der Waals surface area (Å²) in [7, 11) is 0. The summed E-state index contributed by atoms with van der Waals surface area (Å²) in [5.74, 6) is 3.33. The quantitative estimate of drug-likeness (QED) is 0.113. The first-order valence-corrected chi connectivity index (χ1v) is 23.6. The standard InChI is InChI=1S/C45H73NO17/c1-18-11-26(50)31-19(2)30-25(46(31)14-18)13-24-22-6-5-20-12-21(7-9-44(20,3)23(22)8-10-45(24,30)4)58-41-38(57)36(55)39(29(17-49)61-41)62-43-40(35(54)33(52)28(16-48)60-43)63-42-37(56)34(53)32(51)27(15-47)59-42/h5,18-19,21-43,47-57H,6-17H2,1-4H3/t18-,19-,21-,22+,23-,24+,25-,26-,27+,28+,29+,30-,31-,32+,33+,34-,35-,36+,37+,38+,39-,40+,41+,42-,43-,44-,45-/m0/s1. The molecule has 18 heteroatoms. The van der Waals surface area contributed by atoms with E-state index in [1.807, 2.05) is 0 Å². The van der Waals surface area contributed by atoms with E-state index in [1.165, 1.54) is 24.8 Å². The normalized spacial score (nSPS) is 57.1. The van der Waals surface area contributed by atoms with Crippen LogP contribution in [0.1, 0.15) is 79.1 Å². The maximum absolute atomic E-state index is 11.5. The van der Waals surface area contributed by atoms with Crippen molar-refractivity contribution >= 4 is 0 Å². The number of rotatable bonds is 9. The van der Waals surface area contributed by atoms with Gasteiger partial charge in [-0.3, -0.25) is 4.90 Å². The Labute approximate surface area is 368 Å². The molecule has 0 unspecified atom stereocenters. The SMILES string of the molecule is C[C@H]1C[C@H](O)[C@@H]2[C@@H](C)[C@H]3[C@H](C[C@@H]4[C@@H]5CC=C6C[C@@H](O[C@@H]7O[C@H](CO)[C@H](O[C@@H]8O[C@H](CO)[C@@H](O)[C@H](O)[C@H]8O[C@@H]8O[C@H](CO)[C@@H](O)[C@H](O)[C@H]8O)[C@H](O)[C@H]7O)CC[C@]6(C)[C@H]5CC[C@]34C)N2C1. The van der Waals surface area contributed by atoms with Gasteiger partial charge in [0.05, 0.1) is 32.0 Å².